The van der Waals surface area contributed by atoms with Crippen LogP contribution < -0.4 is 4.90 Å². The number of carbonyl (C=O) groups excluding carboxylic acids is 1. The van der Waals surface area contributed by atoms with Crippen molar-refractivity contribution in [1.82, 2.24) is 0 Å². The summed E-state index contributed by atoms with van der Waals surface area (Å²) in [6.07, 6.45) is 0. The maximum absolute atomic E-state index is 13.3. The molecule has 0 spiro atoms. The number of hydrogen-bond acceptors (Lipinski definition) is 1. The van der Waals surface area contributed by atoms with Crippen molar-refractivity contribution >= 4 is 23.2 Å². The number of alkyl halides is 1. The topological polar surface area (TPSA) is 20.3 Å². The van der Waals surface area contributed by atoms with Crippen LogP contribution in [0.2, 0.25) is 0 Å². The second-order valence-corrected chi connectivity index (χ2v) is 4.85. The lowest BCUT2D eigenvalue weighted by Gasteiger charge is -2.22. The fourth-order valence-electron chi connectivity index (χ4n) is 2.03. The van der Waals surface area contributed by atoms with E-state index in [2.05, 4.69) is 0 Å². The quantitative estimate of drug-likeness (QED) is 0.782. The number of anilines is 1. The molecule has 0 aromatic heterocycles. The molecule has 2 rings (SSSR count). The molecule has 0 aliphatic heterocycles. The number of halogens is 2. The molecule has 0 saturated carbocycles. The molecule has 0 fully saturated rings. The number of amides is 1. The van der Waals surface area contributed by atoms with Crippen LogP contribution in [0, 0.1) is 12.7 Å². The molecule has 20 heavy (non-hydrogen) atoms. The third-order valence-electron chi connectivity index (χ3n) is 2.96. The van der Waals surface area contributed by atoms with Gasteiger partial charge in [-0.25, -0.2) is 4.39 Å². The number of rotatable bonds is 4. The molecular formula is C16H15ClFNO. The Kier molecular flexibility index (Phi) is 4.74. The predicted molar refractivity (Wildman–Crippen MR) is 79.5 cm³/mol. The third-order valence-corrected chi connectivity index (χ3v) is 3.19. The van der Waals surface area contributed by atoms with Crippen molar-refractivity contribution in [2.45, 2.75) is 13.5 Å². The Balaban J connectivity index is 2.31. The van der Waals surface area contributed by atoms with E-state index >= 15 is 0 Å². The third kappa shape index (κ3) is 3.58. The van der Waals surface area contributed by atoms with Crippen molar-refractivity contribution in [1.29, 1.82) is 0 Å². The normalized spacial score (nSPS) is 10.3. The molecule has 0 saturated heterocycles. The highest BCUT2D eigenvalue weighted by atomic mass is 35.5. The van der Waals surface area contributed by atoms with Gasteiger partial charge < -0.3 is 4.90 Å². The summed E-state index contributed by atoms with van der Waals surface area (Å²) in [6, 6.07) is 13.8. The molecule has 0 N–H and O–H groups in total. The largest absolute Gasteiger partial charge is 0.307 e. The Morgan fingerprint density at radius 2 is 1.95 bits per heavy atom. The number of nitrogens with zero attached hydrogens (tertiary/aromatic N) is 1. The van der Waals surface area contributed by atoms with Gasteiger partial charge in [-0.1, -0.05) is 35.9 Å². The Morgan fingerprint density at radius 3 is 2.60 bits per heavy atom. The summed E-state index contributed by atoms with van der Waals surface area (Å²) in [7, 11) is 0. The van der Waals surface area contributed by atoms with E-state index in [9.17, 15) is 9.18 Å². The van der Waals surface area contributed by atoms with Crippen molar-refractivity contribution in [2.75, 3.05) is 10.8 Å². The van der Waals surface area contributed by atoms with E-state index in [0.29, 0.717) is 12.2 Å². The first-order valence-electron chi connectivity index (χ1n) is 6.27. The van der Waals surface area contributed by atoms with Gasteiger partial charge in [0, 0.05) is 5.69 Å². The van der Waals surface area contributed by atoms with Gasteiger partial charge in [0.15, 0.2) is 0 Å². The number of carbonyl (C=O) groups is 1. The first kappa shape index (κ1) is 14.5. The van der Waals surface area contributed by atoms with Gasteiger partial charge >= 0.3 is 0 Å². The van der Waals surface area contributed by atoms with E-state index in [0.717, 1.165) is 11.1 Å². The van der Waals surface area contributed by atoms with E-state index in [-0.39, 0.29) is 17.6 Å². The standard InChI is InChI=1S/C16H15ClFNO/c1-12-4-2-5-13(8-12)11-19(16(20)10-17)15-7-3-6-14(18)9-15/h2-9H,10-11H2,1H3. The summed E-state index contributed by atoms with van der Waals surface area (Å²) < 4.78 is 13.3. The number of aryl methyl sites for hydroxylation is 1. The molecule has 0 radical (unpaired) electrons. The van der Waals surface area contributed by atoms with Crippen LogP contribution in [0.4, 0.5) is 10.1 Å². The van der Waals surface area contributed by atoms with E-state index in [1.165, 1.54) is 17.0 Å². The van der Waals surface area contributed by atoms with Crippen LogP contribution in [0.3, 0.4) is 0 Å². The minimum atomic E-state index is -0.376. The van der Waals surface area contributed by atoms with Crippen LogP contribution in [-0.4, -0.2) is 11.8 Å². The first-order valence-corrected chi connectivity index (χ1v) is 6.81. The minimum absolute atomic E-state index is 0.137. The molecule has 104 valence electrons. The van der Waals surface area contributed by atoms with Gasteiger partial charge in [0.05, 0.1) is 6.54 Å². The second-order valence-electron chi connectivity index (χ2n) is 4.58. The molecule has 0 aliphatic carbocycles. The van der Waals surface area contributed by atoms with Crippen LogP contribution in [-0.2, 0) is 11.3 Å². The minimum Gasteiger partial charge on any atom is -0.307 e. The Hall–Kier alpha value is -1.87. The zero-order valence-corrected chi connectivity index (χ0v) is 11.9. The molecule has 0 bridgehead atoms. The molecular weight excluding hydrogens is 277 g/mol. The zero-order valence-electron chi connectivity index (χ0n) is 11.1. The van der Waals surface area contributed by atoms with Gasteiger partial charge in [0.1, 0.15) is 11.7 Å². The highest BCUT2D eigenvalue weighted by Crippen LogP contribution is 2.19. The van der Waals surface area contributed by atoms with Crippen LogP contribution in [0.25, 0.3) is 0 Å². The Labute approximate surface area is 122 Å². The van der Waals surface area contributed by atoms with E-state index in [4.69, 9.17) is 11.6 Å². The zero-order chi connectivity index (χ0) is 14.5. The van der Waals surface area contributed by atoms with E-state index < -0.39 is 0 Å². The van der Waals surface area contributed by atoms with Crippen LogP contribution >= 0.6 is 11.6 Å². The van der Waals surface area contributed by atoms with Crippen LogP contribution in [0.1, 0.15) is 11.1 Å². The van der Waals surface area contributed by atoms with Gasteiger partial charge in [0.25, 0.3) is 0 Å². The summed E-state index contributed by atoms with van der Waals surface area (Å²) in [5, 5.41) is 0. The van der Waals surface area contributed by atoms with Gasteiger partial charge in [-0.2, -0.15) is 0 Å². The van der Waals surface area contributed by atoms with Gasteiger partial charge in [-0.15, -0.1) is 11.6 Å². The monoisotopic (exact) mass is 291 g/mol. The lowest BCUT2D eigenvalue weighted by Crippen LogP contribution is -2.31. The summed E-state index contributed by atoms with van der Waals surface area (Å²) in [4.78, 5) is 13.5. The molecule has 4 heteroatoms. The smallest absolute Gasteiger partial charge is 0.242 e. The molecule has 2 aromatic rings. The predicted octanol–water partition coefficient (Wildman–Crippen LogP) is 3.91. The van der Waals surface area contributed by atoms with E-state index in [1.54, 1.807) is 12.1 Å². The second kappa shape index (κ2) is 6.53. The molecule has 0 unspecified atom stereocenters. The van der Waals surface area contributed by atoms with Crippen molar-refractivity contribution in [2.24, 2.45) is 0 Å². The van der Waals surface area contributed by atoms with Gasteiger partial charge in [-0.05, 0) is 30.7 Å². The average Bonchev–Trinajstić information content (AvgIpc) is 2.44. The maximum atomic E-state index is 13.3. The van der Waals surface area contributed by atoms with Crippen molar-refractivity contribution in [3.05, 3.63) is 65.5 Å². The van der Waals surface area contributed by atoms with Crippen LogP contribution in [0.5, 0.6) is 0 Å². The highest BCUT2D eigenvalue weighted by Gasteiger charge is 2.15. The summed E-state index contributed by atoms with van der Waals surface area (Å²) in [5.41, 5.74) is 2.60. The highest BCUT2D eigenvalue weighted by molar-refractivity contribution is 6.29. The van der Waals surface area contributed by atoms with Gasteiger partial charge in [0.2, 0.25) is 5.91 Å². The molecule has 1 amide bonds. The lowest BCUT2D eigenvalue weighted by molar-refractivity contribution is -0.116. The Bertz CT molecular complexity index is 615. The summed E-state index contributed by atoms with van der Waals surface area (Å²) in [5.74, 6) is -0.764. The van der Waals surface area contributed by atoms with Crippen molar-refractivity contribution < 1.29 is 9.18 Å². The summed E-state index contributed by atoms with van der Waals surface area (Å²) in [6.45, 7) is 2.36. The fourth-order valence-corrected chi connectivity index (χ4v) is 2.18. The SMILES string of the molecule is Cc1cccc(CN(C(=O)CCl)c2cccc(F)c2)c1. The lowest BCUT2D eigenvalue weighted by atomic mass is 10.1. The van der Waals surface area contributed by atoms with Crippen molar-refractivity contribution in [3.63, 3.8) is 0 Å². The number of hydrogen-bond donors (Lipinski definition) is 0. The number of benzene rings is 2. The first-order chi connectivity index (χ1) is 9.60. The van der Waals surface area contributed by atoms with Crippen LogP contribution in [0.15, 0.2) is 48.5 Å². The molecule has 2 nitrogen and oxygen atoms in total. The van der Waals surface area contributed by atoms with Gasteiger partial charge in [-0.3, -0.25) is 4.79 Å². The molecule has 0 atom stereocenters. The average molecular weight is 292 g/mol. The molecule has 0 aliphatic rings. The summed E-state index contributed by atoms with van der Waals surface area (Å²) >= 11 is 5.65. The Morgan fingerprint density at radius 1 is 1.20 bits per heavy atom. The molecule has 0 heterocycles. The fraction of sp³-hybridized carbons (Fsp3) is 0.188. The maximum Gasteiger partial charge on any atom is 0.242 e. The van der Waals surface area contributed by atoms with E-state index in [1.807, 2.05) is 31.2 Å². The molecule has 2 aromatic carbocycles. The van der Waals surface area contributed by atoms with Crippen molar-refractivity contribution in [3.8, 4) is 0 Å².